The monoisotopic (exact) mass is 325 g/mol. The number of aliphatic hydroxyl groups is 1. The van der Waals surface area contributed by atoms with Gasteiger partial charge in [0.1, 0.15) is 6.61 Å². The topological polar surface area (TPSA) is 66.5 Å². The van der Waals surface area contributed by atoms with Gasteiger partial charge in [-0.2, -0.15) is 0 Å². The molecule has 1 heterocycles. The first-order valence-corrected chi connectivity index (χ1v) is 9.35. The van der Waals surface area contributed by atoms with Gasteiger partial charge in [-0.1, -0.05) is 18.2 Å². The van der Waals surface area contributed by atoms with Crippen molar-refractivity contribution in [2.45, 2.75) is 6.42 Å². The third kappa shape index (κ3) is 4.48. The number of hydrogen-bond acceptors (Lipinski definition) is 5. The van der Waals surface area contributed by atoms with E-state index in [2.05, 4.69) is 13.5 Å². The fourth-order valence-electron chi connectivity index (χ4n) is 1.25. The number of rotatable bonds is 5. The fraction of sp³-hybridized carbons (Fsp3) is 0.333. The van der Waals surface area contributed by atoms with Crippen LogP contribution in [0.5, 0.6) is 0 Å². The van der Waals surface area contributed by atoms with Crippen LogP contribution in [0.1, 0.15) is 6.42 Å². The molecule has 0 saturated carbocycles. The molecule has 1 aromatic carbocycles. The second kappa shape index (κ2) is 6.74. The van der Waals surface area contributed by atoms with Gasteiger partial charge in [0.05, 0.1) is 4.52 Å². The first kappa shape index (κ1) is 14.8. The molecule has 5 nitrogen and oxygen atoms in total. The summed E-state index contributed by atoms with van der Waals surface area (Å²) in [5.41, 5.74) is 0. The average molecular weight is 325 g/mol. The van der Waals surface area contributed by atoms with Crippen molar-refractivity contribution in [2.24, 2.45) is 13.5 Å². The molecule has 1 aromatic rings. The molecule has 2 unspecified atom stereocenters. The van der Waals surface area contributed by atoms with Gasteiger partial charge in [0.15, 0.2) is 0 Å². The molecule has 2 rings (SSSR count). The van der Waals surface area contributed by atoms with Gasteiger partial charge in [0.2, 0.25) is 9.82 Å². The smallest absolute Gasteiger partial charge is 0.396 e. The lowest BCUT2D eigenvalue weighted by Gasteiger charge is -1.94. The van der Waals surface area contributed by atoms with E-state index in [-0.39, 0.29) is 13.2 Å². The predicted octanol–water partition coefficient (Wildman–Crippen LogP) is 4.69. The molecular weight excluding hydrogens is 313 g/mol. The summed E-state index contributed by atoms with van der Waals surface area (Å²) in [4.78, 5) is 0. The van der Waals surface area contributed by atoms with Crippen LogP contribution < -0.4 is 5.30 Å². The summed E-state index contributed by atoms with van der Waals surface area (Å²) in [6.07, 6.45) is 0.383. The molecule has 1 N–H and O–H groups in total. The maximum absolute atomic E-state index is 13.5. The van der Waals surface area contributed by atoms with Crippen molar-refractivity contribution in [3.63, 3.8) is 0 Å². The third-order valence-corrected chi connectivity index (χ3v) is 7.51. The maximum atomic E-state index is 13.5. The molecule has 0 fully saturated rings. The van der Waals surface area contributed by atoms with E-state index in [0.29, 0.717) is 11.7 Å². The van der Waals surface area contributed by atoms with E-state index in [1.54, 1.807) is 30.3 Å². The number of nitrogens with zero attached hydrogens (tertiary/aromatic N) is 3. The molecule has 0 aliphatic carbocycles. The molecule has 1 aliphatic rings. The van der Waals surface area contributed by atoms with Crippen LogP contribution in [-0.4, -0.2) is 18.3 Å². The standard InChI is InChI=1S/C9H12F2N3O2P3/c10-19(11)13-17(9-5-2-1-3-6-9)12-18(14-19)16-8-4-7-15/h1-3,5-6,15H,4,7-8H2/q+2. The molecule has 19 heavy (non-hydrogen) atoms. The second-order valence-corrected chi connectivity index (χ2v) is 8.43. The SMILES string of the molecule is OCCCO[P+]1=NP(F)(F)=N[P+](c2ccccc2)=N1. The van der Waals surface area contributed by atoms with Crippen LogP contribution in [-0.2, 0) is 4.52 Å². The molecule has 0 bridgehead atoms. The van der Waals surface area contributed by atoms with Gasteiger partial charge in [0, 0.05) is 11.1 Å². The largest absolute Gasteiger partial charge is 0.586 e. The first-order valence-electron chi connectivity index (χ1n) is 5.46. The van der Waals surface area contributed by atoms with E-state index in [4.69, 9.17) is 9.63 Å². The lowest BCUT2D eigenvalue weighted by atomic mass is 10.4. The van der Waals surface area contributed by atoms with Crippen LogP contribution in [0.2, 0.25) is 0 Å². The molecule has 0 radical (unpaired) electrons. The van der Waals surface area contributed by atoms with Crippen molar-refractivity contribution in [1.82, 2.24) is 0 Å². The number of benzene rings is 1. The molecule has 0 amide bonds. The lowest BCUT2D eigenvalue weighted by molar-refractivity contribution is 0.245. The van der Waals surface area contributed by atoms with Crippen molar-refractivity contribution >= 4 is 29.1 Å². The van der Waals surface area contributed by atoms with E-state index < -0.39 is 23.8 Å². The van der Waals surface area contributed by atoms with Crippen LogP contribution in [0.15, 0.2) is 43.9 Å². The Hall–Kier alpha value is -0.570. The molecule has 1 aliphatic heterocycles. The van der Waals surface area contributed by atoms with Gasteiger partial charge in [-0.15, -0.1) is 12.9 Å². The summed E-state index contributed by atoms with van der Waals surface area (Å²) in [5, 5.41) is 9.31. The normalized spacial score (nSPS) is 21.2. The quantitative estimate of drug-likeness (QED) is 0.630. The summed E-state index contributed by atoms with van der Waals surface area (Å²) < 4.78 is 43.1. The summed E-state index contributed by atoms with van der Waals surface area (Å²) in [5.74, 6) is 0. The van der Waals surface area contributed by atoms with Gasteiger partial charge >= 0.3 is 23.8 Å². The van der Waals surface area contributed by atoms with Gasteiger partial charge in [-0.3, -0.25) is 0 Å². The van der Waals surface area contributed by atoms with Gasteiger partial charge in [-0.25, -0.2) is 0 Å². The van der Waals surface area contributed by atoms with E-state index >= 15 is 0 Å². The Kier molecular flexibility index (Phi) is 5.26. The van der Waals surface area contributed by atoms with Crippen LogP contribution in [0.4, 0.5) is 8.39 Å². The van der Waals surface area contributed by atoms with Gasteiger partial charge < -0.3 is 5.11 Å². The second-order valence-electron chi connectivity index (χ2n) is 3.51. The molecule has 102 valence electrons. The van der Waals surface area contributed by atoms with Gasteiger partial charge in [-0.05, 0) is 18.6 Å². The van der Waals surface area contributed by atoms with Crippen molar-refractivity contribution in [3.05, 3.63) is 30.3 Å². The zero-order valence-corrected chi connectivity index (χ0v) is 12.5. The predicted molar refractivity (Wildman–Crippen MR) is 74.0 cm³/mol. The van der Waals surface area contributed by atoms with E-state index in [0.717, 1.165) is 0 Å². The molecule has 0 aromatic heterocycles. The minimum absolute atomic E-state index is 0.0491. The molecular formula is C9H12F2N3O2P3+2. The number of halogens is 2. The number of aliphatic hydroxyl groups excluding tert-OH is 1. The Morgan fingerprint density at radius 2 is 2.00 bits per heavy atom. The van der Waals surface area contributed by atoms with Crippen molar-refractivity contribution in [1.29, 1.82) is 0 Å². The summed E-state index contributed by atoms with van der Waals surface area (Å²) in [7, 11) is -8.12. The van der Waals surface area contributed by atoms with E-state index in [9.17, 15) is 8.39 Å². The zero-order valence-electron chi connectivity index (χ0n) is 9.80. The summed E-state index contributed by atoms with van der Waals surface area (Å²) in [6.45, 7) is 0.125. The number of hydrogen-bond donors (Lipinski definition) is 1. The summed E-state index contributed by atoms with van der Waals surface area (Å²) >= 11 is 0. The Labute approximate surface area is 111 Å². The highest BCUT2D eigenvalue weighted by Gasteiger charge is 2.42. The summed E-state index contributed by atoms with van der Waals surface area (Å²) in [6, 6.07) is 8.79. The fourth-order valence-corrected chi connectivity index (χ4v) is 6.74. The van der Waals surface area contributed by atoms with Crippen LogP contribution in [0.3, 0.4) is 0 Å². The Bertz CT molecular complexity index is 559. The average Bonchev–Trinajstić information content (AvgIpc) is 2.38. The highest BCUT2D eigenvalue weighted by molar-refractivity contribution is 7.74. The zero-order chi connectivity index (χ0) is 13.7. The van der Waals surface area contributed by atoms with Crippen LogP contribution >= 0.6 is 23.8 Å². The van der Waals surface area contributed by atoms with Gasteiger partial charge in [0.25, 0.3) is 0 Å². The molecule has 2 atom stereocenters. The molecule has 10 heteroatoms. The van der Waals surface area contributed by atoms with Crippen molar-refractivity contribution < 1.29 is 18.0 Å². The van der Waals surface area contributed by atoms with E-state index in [1.807, 2.05) is 0 Å². The Morgan fingerprint density at radius 1 is 1.26 bits per heavy atom. The first-order chi connectivity index (χ1) is 9.11. The Balaban J connectivity index is 2.25. The molecule has 0 saturated heterocycles. The third-order valence-electron chi connectivity index (χ3n) is 2.03. The van der Waals surface area contributed by atoms with Crippen LogP contribution in [0, 0.1) is 0 Å². The van der Waals surface area contributed by atoms with E-state index in [1.165, 1.54) is 0 Å². The van der Waals surface area contributed by atoms with Crippen molar-refractivity contribution in [3.8, 4) is 0 Å². The highest BCUT2D eigenvalue weighted by atomic mass is 31.3. The minimum atomic E-state index is -4.64. The maximum Gasteiger partial charge on any atom is 0.586 e. The molecule has 0 spiro atoms. The van der Waals surface area contributed by atoms with Crippen LogP contribution in [0.25, 0.3) is 0 Å². The van der Waals surface area contributed by atoms with Crippen molar-refractivity contribution in [2.75, 3.05) is 13.2 Å². The lowest BCUT2D eigenvalue weighted by Crippen LogP contribution is -1.94. The highest BCUT2D eigenvalue weighted by Crippen LogP contribution is 2.68. The minimum Gasteiger partial charge on any atom is -0.396 e. The Morgan fingerprint density at radius 3 is 2.68 bits per heavy atom.